The summed E-state index contributed by atoms with van der Waals surface area (Å²) in [7, 11) is 1.86. The van der Waals surface area contributed by atoms with Crippen LogP contribution in [0.15, 0.2) is 5.51 Å². The van der Waals surface area contributed by atoms with Gasteiger partial charge in [-0.1, -0.05) is 11.3 Å². The normalized spacial score (nSPS) is 9.92. The lowest BCUT2D eigenvalue weighted by Crippen LogP contribution is -2.15. The van der Waals surface area contributed by atoms with Crippen LogP contribution in [0.1, 0.15) is 12.8 Å². The van der Waals surface area contributed by atoms with Crippen molar-refractivity contribution in [2.45, 2.75) is 12.8 Å². The molecular formula is C7H12N4OS. The predicted molar refractivity (Wildman–Crippen MR) is 51.7 cm³/mol. The van der Waals surface area contributed by atoms with E-state index in [0.717, 1.165) is 13.0 Å². The number of anilines is 1. The van der Waals surface area contributed by atoms with Crippen molar-refractivity contribution in [3.05, 3.63) is 5.51 Å². The van der Waals surface area contributed by atoms with Crippen LogP contribution in [0.25, 0.3) is 0 Å². The lowest BCUT2D eigenvalue weighted by atomic mass is 10.3. The first-order chi connectivity index (χ1) is 6.33. The van der Waals surface area contributed by atoms with Crippen molar-refractivity contribution in [1.82, 2.24) is 15.5 Å². The molecule has 0 unspecified atom stereocenters. The molecule has 13 heavy (non-hydrogen) atoms. The van der Waals surface area contributed by atoms with Crippen molar-refractivity contribution in [3.63, 3.8) is 0 Å². The zero-order chi connectivity index (χ0) is 9.52. The summed E-state index contributed by atoms with van der Waals surface area (Å²) in [4.78, 5) is 11.2. The quantitative estimate of drug-likeness (QED) is 0.678. The van der Waals surface area contributed by atoms with Gasteiger partial charge in [0.15, 0.2) is 0 Å². The van der Waals surface area contributed by atoms with Gasteiger partial charge in [-0.2, -0.15) is 0 Å². The third-order valence-corrected chi connectivity index (χ3v) is 2.04. The van der Waals surface area contributed by atoms with Crippen molar-refractivity contribution in [2.75, 3.05) is 18.9 Å². The third kappa shape index (κ3) is 3.95. The molecular weight excluding hydrogens is 188 g/mol. The molecule has 0 fully saturated rings. The van der Waals surface area contributed by atoms with E-state index in [1.165, 1.54) is 11.3 Å². The minimum atomic E-state index is -0.00741. The van der Waals surface area contributed by atoms with Crippen molar-refractivity contribution in [1.29, 1.82) is 0 Å². The van der Waals surface area contributed by atoms with E-state index in [2.05, 4.69) is 20.8 Å². The summed E-state index contributed by atoms with van der Waals surface area (Å²) in [6, 6.07) is 0. The second-order valence-electron chi connectivity index (χ2n) is 2.50. The standard InChI is InChI=1S/C7H12N4OS/c1-8-4-2-3-6(12)10-7-11-9-5-13-7/h5,8H,2-4H2,1H3,(H,10,11,12). The van der Waals surface area contributed by atoms with Crippen LogP contribution in [0.2, 0.25) is 0 Å². The van der Waals surface area contributed by atoms with E-state index < -0.39 is 0 Å². The van der Waals surface area contributed by atoms with Gasteiger partial charge >= 0.3 is 0 Å². The Bertz CT molecular complexity index is 249. The molecule has 0 bridgehead atoms. The Morgan fingerprint density at radius 1 is 1.69 bits per heavy atom. The molecule has 0 spiro atoms. The Hall–Kier alpha value is -1.01. The minimum absolute atomic E-state index is 0.00741. The SMILES string of the molecule is CNCCCC(=O)Nc1nncs1. The number of nitrogens with one attached hydrogen (secondary N) is 2. The molecule has 0 saturated carbocycles. The smallest absolute Gasteiger partial charge is 0.226 e. The molecule has 2 N–H and O–H groups in total. The van der Waals surface area contributed by atoms with E-state index in [4.69, 9.17) is 0 Å². The number of amides is 1. The van der Waals surface area contributed by atoms with Gasteiger partial charge in [-0.15, -0.1) is 10.2 Å². The van der Waals surface area contributed by atoms with Crippen LogP contribution in [0.5, 0.6) is 0 Å². The summed E-state index contributed by atoms with van der Waals surface area (Å²) < 4.78 is 0. The summed E-state index contributed by atoms with van der Waals surface area (Å²) in [6.45, 7) is 0.851. The van der Waals surface area contributed by atoms with Crippen LogP contribution < -0.4 is 10.6 Å². The maximum atomic E-state index is 11.2. The van der Waals surface area contributed by atoms with Gasteiger partial charge in [-0.3, -0.25) is 4.79 Å². The lowest BCUT2D eigenvalue weighted by Gasteiger charge is -1.99. The molecule has 0 atom stereocenters. The van der Waals surface area contributed by atoms with Crippen molar-refractivity contribution in [2.24, 2.45) is 0 Å². The summed E-state index contributed by atoms with van der Waals surface area (Å²) in [5, 5.41) is 13.5. The highest BCUT2D eigenvalue weighted by Crippen LogP contribution is 2.08. The van der Waals surface area contributed by atoms with E-state index in [1.807, 2.05) is 7.05 Å². The van der Waals surface area contributed by atoms with E-state index in [1.54, 1.807) is 5.51 Å². The summed E-state index contributed by atoms with van der Waals surface area (Å²) in [6.07, 6.45) is 1.35. The van der Waals surface area contributed by atoms with Crippen LogP contribution >= 0.6 is 11.3 Å². The molecule has 6 heteroatoms. The zero-order valence-electron chi connectivity index (χ0n) is 7.41. The van der Waals surface area contributed by atoms with Crippen molar-refractivity contribution < 1.29 is 4.79 Å². The van der Waals surface area contributed by atoms with Gasteiger partial charge in [0.2, 0.25) is 11.0 Å². The second-order valence-corrected chi connectivity index (χ2v) is 3.33. The van der Waals surface area contributed by atoms with Gasteiger partial charge < -0.3 is 10.6 Å². The molecule has 72 valence electrons. The Labute approximate surface area is 80.6 Å². The van der Waals surface area contributed by atoms with E-state index in [0.29, 0.717) is 11.6 Å². The number of carbonyl (C=O) groups is 1. The van der Waals surface area contributed by atoms with E-state index in [-0.39, 0.29) is 5.91 Å². The molecule has 1 aromatic rings. The van der Waals surface area contributed by atoms with Crippen LogP contribution in [0.3, 0.4) is 0 Å². The summed E-state index contributed by atoms with van der Waals surface area (Å²) >= 11 is 1.32. The monoisotopic (exact) mass is 200 g/mol. The molecule has 0 saturated heterocycles. The van der Waals surface area contributed by atoms with Crippen molar-refractivity contribution in [3.8, 4) is 0 Å². The molecule has 1 rings (SSSR count). The topological polar surface area (TPSA) is 66.9 Å². The number of carbonyl (C=O) groups excluding carboxylic acids is 1. The van der Waals surface area contributed by atoms with Crippen LogP contribution in [-0.2, 0) is 4.79 Å². The number of aromatic nitrogens is 2. The fourth-order valence-electron chi connectivity index (χ4n) is 0.835. The van der Waals surface area contributed by atoms with E-state index >= 15 is 0 Å². The molecule has 5 nitrogen and oxygen atoms in total. The van der Waals surface area contributed by atoms with Gasteiger partial charge in [-0.05, 0) is 20.0 Å². The maximum Gasteiger partial charge on any atom is 0.226 e. The number of nitrogens with zero attached hydrogens (tertiary/aromatic N) is 2. The van der Waals surface area contributed by atoms with Gasteiger partial charge in [0.1, 0.15) is 5.51 Å². The van der Waals surface area contributed by atoms with Gasteiger partial charge in [0, 0.05) is 6.42 Å². The first-order valence-electron chi connectivity index (χ1n) is 4.03. The highest BCUT2D eigenvalue weighted by molar-refractivity contribution is 7.13. The number of rotatable bonds is 5. The average molecular weight is 200 g/mol. The highest BCUT2D eigenvalue weighted by Gasteiger charge is 2.03. The van der Waals surface area contributed by atoms with Crippen molar-refractivity contribution >= 4 is 22.4 Å². The molecule has 0 aliphatic heterocycles. The average Bonchev–Trinajstić information content (AvgIpc) is 2.57. The van der Waals surface area contributed by atoms with Gasteiger partial charge in [0.25, 0.3) is 0 Å². The van der Waals surface area contributed by atoms with Crippen LogP contribution in [0, 0.1) is 0 Å². The van der Waals surface area contributed by atoms with Crippen LogP contribution in [0.4, 0.5) is 5.13 Å². The van der Waals surface area contributed by atoms with Crippen LogP contribution in [-0.4, -0.2) is 29.7 Å². The Morgan fingerprint density at radius 3 is 3.15 bits per heavy atom. The highest BCUT2D eigenvalue weighted by atomic mass is 32.1. The van der Waals surface area contributed by atoms with Gasteiger partial charge in [-0.25, -0.2) is 0 Å². The lowest BCUT2D eigenvalue weighted by molar-refractivity contribution is -0.116. The first-order valence-corrected chi connectivity index (χ1v) is 4.91. The molecule has 0 aliphatic rings. The Kier molecular flexibility index (Phi) is 4.34. The molecule has 0 radical (unpaired) electrons. The third-order valence-electron chi connectivity index (χ3n) is 1.44. The fraction of sp³-hybridized carbons (Fsp3) is 0.571. The fourth-order valence-corrected chi connectivity index (χ4v) is 1.30. The Morgan fingerprint density at radius 2 is 2.54 bits per heavy atom. The maximum absolute atomic E-state index is 11.2. The predicted octanol–water partition coefficient (Wildman–Crippen LogP) is 0.476. The molecule has 0 aromatic carbocycles. The largest absolute Gasteiger partial charge is 0.320 e. The minimum Gasteiger partial charge on any atom is -0.320 e. The molecule has 1 heterocycles. The summed E-state index contributed by atoms with van der Waals surface area (Å²) in [5.74, 6) is -0.00741. The second kappa shape index (κ2) is 5.60. The number of hydrogen-bond acceptors (Lipinski definition) is 5. The molecule has 1 amide bonds. The summed E-state index contributed by atoms with van der Waals surface area (Å²) in [5.41, 5.74) is 1.59. The molecule has 0 aliphatic carbocycles. The van der Waals surface area contributed by atoms with Gasteiger partial charge in [0.05, 0.1) is 0 Å². The molecule has 1 aromatic heterocycles. The van der Waals surface area contributed by atoms with E-state index in [9.17, 15) is 4.79 Å². The Balaban J connectivity index is 2.18. The first kappa shape index (κ1) is 10.1. The zero-order valence-corrected chi connectivity index (χ0v) is 8.23. The number of hydrogen-bond donors (Lipinski definition) is 2.